The Kier molecular flexibility index (Phi) is 4.10. The number of thioether (sulfide) groups is 1. The van der Waals surface area contributed by atoms with Crippen LogP contribution < -0.4 is 0 Å². The SMILES string of the molecule is CCS(=O)(=O)c1cc([N+](=O)[O-])c(SC)cc1F. The number of nitro benzene ring substituents is 1. The number of nitro groups is 1. The lowest BCUT2D eigenvalue weighted by atomic mass is 10.3. The van der Waals surface area contributed by atoms with E-state index in [0.717, 1.165) is 23.9 Å². The summed E-state index contributed by atoms with van der Waals surface area (Å²) in [4.78, 5) is 9.49. The van der Waals surface area contributed by atoms with Crippen LogP contribution in [0.3, 0.4) is 0 Å². The van der Waals surface area contributed by atoms with E-state index in [-0.39, 0.29) is 10.6 Å². The topological polar surface area (TPSA) is 77.3 Å². The van der Waals surface area contributed by atoms with Crippen molar-refractivity contribution in [2.24, 2.45) is 0 Å². The maximum atomic E-state index is 13.5. The van der Waals surface area contributed by atoms with E-state index in [2.05, 4.69) is 0 Å². The van der Waals surface area contributed by atoms with Gasteiger partial charge in [-0.2, -0.15) is 0 Å². The van der Waals surface area contributed by atoms with Gasteiger partial charge in [-0.3, -0.25) is 10.1 Å². The van der Waals surface area contributed by atoms with E-state index in [9.17, 15) is 22.9 Å². The van der Waals surface area contributed by atoms with Gasteiger partial charge in [-0.1, -0.05) is 6.92 Å². The van der Waals surface area contributed by atoms with Crippen LogP contribution in [-0.2, 0) is 9.84 Å². The average Bonchev–Trinajstić information content (AvgIpc) is 2.27. The predicted molar refractivity (Wildman–Crippen MR) is 62.6 cm³/mol. The molecule has 5 nitrogen and oxygen atoms in total. The zero-order valence-electron chi connectivity index (χ0n) is 9.14. The number of sulfone groups is 1. The fraction of sp³-hybridized carbons (Fsp3) is 0.333. The predicted octanol–water partition coefficient (Wildman–Crippen LogP) is 2.25. The molecule has 0 fully saturated rings. The van der Waals surface area contributed by atoms with E-state index in [4.69, 9.17) is 0 Å². The van der Waals surface area contributed by atoms with Gasteiger partial charge in [0.25, 0.3) is 5.69 Å². The molecular weight excluding hydrogens is 269 g/mol. The summed E-state index contributed by atoms with van der Waals surface area (Å²) in [6, 6.07) is 1.66. The van der Waals surface area contributed by atoms with Crippen LogP contribution in [0.25, 0.3) is 0 Å². The minimum absolute atomic E-state index is 0.0996. The Morgan fingerprint density at radius 3 is 2.47 bits per heavy atom. The highest BCUT2D eigenvalue weighted by Crippen LogP contribution is 2.32. The second-order valence-electron chi connectivity index (χ2n) is 3.12. The van der Waals surface area contributed by atoms with E-state index in [0.29, 0.717) is 0 Å². The summed E-state index contributed by atoms with van der Waals surface area (Å²) in [6.07, 6.45) is 1.55. The quantitative estimate of drug-likeness (QED) is 0.480. The molecule has 0 spiro atoms. The lowest BCUT2D eigenvalue weighted by Crippen LogP contribution is -2.07. The molecule has 0 bridgehead atoms. The summed E-state index contributed by atoms with van der Waals surface area (Å²) in [5.74, 6) is -1.26. The third kappa shape index (κ3) is 2.75. The first-order chi connectivity index (χ1) is 7.83. The lowest BCUT2D eigenvalue weighted by molar-refractivity contribution is -0.388. The number of rotatable bonds is 4. The number of nitrogens with zero attached hydrogens (tertiary/aromatic N) is 1. The van der Waals surface area contributed by atoms with E-state index in [1.54, 1.807) is 6.26 Å². The Labute approximate surface area is 102 Å². The molecule has 0 unspecified atom stereocenters. The molecule has 0 aliphatic rings. The standard InChI is InChI=1S/C9H10FNO4S2/c1-3-17(14,15)9-5-7(11(12)13)8(16-2)4-6(9)10/h4-5H,3H2,1-2H3. The minimum atomic E-state index is -3.80. The van der Waals surface area contributed by atoms with Crippen LogP contribution in [0.4, 0.5) is 10.1 Å². The van der Waals surface area contributed by atoms with Gasteiger partial charge in [-0.05, 0) is 12.3 Å². The Balaban J connectivity index is 3.56. The smallest absolute Gasteiger partial charge is 0.258 e. The van der Waals surface area contributed by atoms with Crippen molar-refractivity contribution in [1.29, 1.82) is 0 Å². The summed E-state index contributed by atoms with van der Waals surface area (Å²) in [6.45, 7) is 1.35. The van der Waals surface area contributed by atoms with Crippen molar-refractivity contribution < 1.29 is 17.7 Å². The molecule has 94 valence electrons. The van der Waals surface area contributed by atoms with Crippen molar-refractivity contribution in [3.63, 3.8) is 0 Å². The van der Waals surface area contributed by atoms with Crippen LogP contribution in [0, 0.1) is 15.9 Å². The maximum absolute atomic E-state index is 13.5. The van der Waals surface area contributed by atoms with Crippen LogP contribution in [0.15, 0.2) is 21.9 Å². The van der Waals surface area contributed by atoms with Crippen LogP contribution >= 0.6 is 11.8 Å². The van der Waals surface area contributed by atoms with Crippen molar-refractivity contribution in [2.75, 3.05) is 12.0 Å². The summed E-state index contributed by atoms with van der Waals surface area (Å²) >= 11 is 0.988. The third-order valence-electron chi connectivity index (χ3n) is 2.15. The first-order valence-corrected chi connectivity index (χ1v) is 7.46. The monoisotopic (exact) mass is 279 g/mol. The number of hydrogen-bond donors (Lipinski definition) is 0. The number of hydrogen-bond acceptors (Lipinski definition) is 5. The lowest BCUT2D eigenvalue weighted by Gasteiger charge is -2.05. The van der Waals surface area contributed by atoms with Gasteiger partial charge in [0, 0.05) is 6.07 Å². The van der Waals surface area contributed by atoms with Gasteiger partial charge < -0.3 is 0 Å². The molecule has 1 aromatic rings. The highest BCUT2D eigenvalue weighted by Gasteiger charge is 2.24. The Morgan fingerprint density at radius 1 is 1.47 bits per heavy atom. The molecule has 0 N–H and O–H groups in total. The Morgan fingerprint density at radius 2 is 2.06 bits per heavy atom. The molecule has 8 heteroatoms. The summed E-state index contributed by atoms with van der Waals surface area (Å²) < 4.78 is 36.6. The normalized spacial score (nSPS) is 11.5. The molecule has 1 aromatic carbocycles. The van der Waals surface area contributed by atoms with E-state index >= 15 is 0 Å². The van der Waals surface area contributed by atoms with Crippen molar-refractivity contribution in [1.82, 2.24) is 0 Å². The fourth-order valence-corrected chi connectivity index (χ4v) is 2.75. The second kappa shape index (κ2) is 5.01. The highest BCUT2D eigenvalue weighted by molar-refractivity contribution is 7.98. The largest absolute Gasteiger partial charge is 0.284 e. The molecule has 0 aliphatic heterocycles. The minimum Gasteiger partial charge on any atom is -0.258 e. The first kappa shape index (κ1) is 13.9. The van der Waals surface area contributed by atoms with Crippen molar-refractivity contribution >= 4 is 27.3 Å². The Hall–Kier alpha value is -1.15. The molecule has 0 heterocycles. The summed E-state index contributed by atoms with van der Waals surface area (Å²) in [5.41, 5.74) is -0.397. The van der Waals surface area contributed by atoms with Gasteiger partial charge in [-0.15, -0.1) is 11.8 Å². The molecule has 0 amide bonds. The van der Waals surface area contributed by atoms with Gasteiger partial charge in [0.2, 0.25) is 0 Å². The molecule has 0 radical (unpaired) electrons. The second-order valence-corrected chi connectivity index (χ2v) is 6.21. The molecule has 0 saturated carbocycles. The first-order valence-electron chi connectivity index (χ1n) is 4.58. The van der Waals surface area contributed by atoms with Crippen molar-refractivity contribution in [3.8, 4) is 0 Å². The molecule has 0 saturated heterocycles. The molecule has 0 aromatic heterocycles. The molecule has 1 rings (SSSR count). The Bertz CT molecular complexity index is 556. The zero-order chi connectivity index (χ0) is 13.2. The molecule has 0 aliphatic carbocycles. The number of halogens is 1. The van der Waals surface area contributed by atoms with Gasteiger partial charge in [0.15, 0.2) is 9.84 Å². The van der Waals surface area contributed by atoms with Gasteiger partial charge in [0.1, 0.15) is 10.7 Å². The van der Waals surface area contributed by atoms with Crippen LogP contribution in [0.5, 0.6) is 0 Å². The average molecular weight is 279 g/mol. The third-order valence-corrected chi connectivity index (χ3v) is 4.66. The van der Waals surface area contributed by atoms with Gasteiger partial charge in [0.05, 0.1) is 15.6 Å². The van der Waals surface area contributed by atoms with Crippen molar-refractivity contribution in [2.45, 2.75) is 16.7 Å². The van der Waals surface area contributed by atoms with Gasteiger partial charge in [-0.25, -0.2) is 12.8 Å². The van der Waals surface area contributed by atoms with E-state index in [1.165, 1.54) is 6.92 Å². The van der Waals surface area contributed by atoms with Crippen molar-refractivity contribution in [3.05, 3.63) is 28.1 Å². The molecule has 0 atom stereocenters. The van der Waals surface area contributed by atoms with E-state index < -0.39 is 31.2 Å². The number of benzene rings is 1. The van der Waals surface area contributed by atoms with Crippen LogP contribution in [0.1, 0.15) is 6.92 Å². The zero-order valence-corrected chi connectivity index (χ0v) is 10.8. The maximum Gasteiger partial charge on any atom is 0.284 e. The summed E-state index contributed by atoms with van der Waals surface area (Å²) in [7, 11) is -3.80. The fourth-order valence-electron chi connectivity index (χ4n) is 1.22. The van der Waals surface area contributed by atoms with Crippen LogP contribution in [-0.4, -0.2) is 25.3 Å². The highest BCUT2D eigenvalue weighted by atomic mass is 32.2. The summed E-state index contributed by atoms with van der Waals surface area (Å²) in [5, 5.41) is 10.7. The van der Waals surface area contributed by atoms with Gasteiger partial charge >= 0.3 is 0 Å². The molecular formula is C9H10FNO4S2. The van der Waals surface area contributed by atoms with Crippen LogP contribution in [0.2, 0.25) is 0 Å². The van der Waals surface area contributed by atoms with E-state index in [1.807, 2.05) is 0 Å². The molecule has 17 heavy (non-hydrogen) atoms.